The third-order valence-corrected chi connectivity index (χ3v) is 4.40. The summed E-state index contributed by atoms with van der Waals surface area (Å²) in [7, 11) is 0. The summed E-state index contributed by atoms with van der Waals surface area (Å²) in [5.74, 6) is 1.40. The molecule has 1 aromatic heterocycles. The molecule has 0 saturated carbocycles. The van der Waals surface area contributed by atoms with E-state index in [4.69, 9.17) is 9.97 Å². The molecule has 1 saturated heterocycles. The average molecular weight is 290 g/mol. The molecule has 0 aliphatic carbocycles. The molecule has 1 aromatic rings. The zero-order chi connectivity index (χ0) is 15.2. The van der Waals surface area contributed by atoms with Gasteiger partial charge in [-0.2, -0.15) is 0 Å². The first-order chi connectivity index (χ1) is 10.1. The predicted molar refractivity (Wildman–Crippen MR) is 89.1 cm³/mol. The molecule has 1 N–H and O–H groups in total. The van der Waals surface area contributed by atoms with E-state index in [9.17, 15) is 0 Å². The predicted octanol–water partition coefficient (Wildman–Crippen LogP) is 3.19. The molecule has 1 atom stereocenters. The van der Waals surface area contributed by atoms with Crippen LogP contribution in [0, 0.1) is 13.8 Å². The van der Waals surface area contributed by atoms with Gasteiger partial charge in [0.25, 0.3) is 0 Å². The lowest BCUT2D eigenvalue weighted by atomic mass is 9.98. The van der Waals surface area contributed by atoms with Gasteiger partial charge >= 0.3 is 0 Å². The monoisotopic (exact) mass is 290 g/mol. The van der Waals surface area contributed by atoms with Gasteiger partial charge in [0.15, 0.2) is 0 Å². The molecule has 1 aliphatic rings. The number of rotatable bonds is 5. The van der Waals surface area contributed by atoms with Crippen molar-refractivity contribution < 1.29 is 0 Å². The quantitative estimate of drug-likeness (QED) is 0.904. The summed E-state index contributed by atoms with van der Waals surface area (Å²) in [6.07, 6.45) is 5.21. The number of nitrogens with zero attached hydrogens (tertiary/aromatic N) is 3. The molecule has 0 spiro atoms. The Kier molecular flexibility index (Phi) is 5.97. The van der Waals surface area contributed by atoms with Crippen LogP contribution in [0.15, 0.2) is 0 Å². The Hall–Kier alpha value is -1.16. The Morgan fingerprint density at radius 3 is 2.14 bits per heavy atom. The van der Waals surface area contributed by atoms with Crippen LogP contribution in [-0.4, -0.2) is 36.1 Å². The van der Waals surface area contributed by atoms with Crippen LogP contribution in [-0.2, 0) is 0 Å². The lowest BCUT2D eigenvalue weighted by molar-refractivity contribution is 0.623. The highest BCUT2D eigenvalue weighted by molar-refractivity contribution is 5.38. The SMILES string of the molecule is CCNCC(C)c1c(C)nc(N2CCCCCC2)nc1C. The van der Waals surface area contributed by atoms with Crippen molar-refractivity contribution in [1.29, 1.82) is 0 Å². The first kappa shape index (κ1) is 16.2. The Balaban J connectivity index is 2.19. The second-order valence-corrected chi connectivity index (χ2v) is 6.22. The number of likely N-dealkylation sites (N-methyl/N-ethyl adjacent to an activating group) is 1. The summed E-state index contributed by atoms with van der Waals surface area (Å²) in [6.45, 7) is 12.9. The van der Waals surface area contributed by atoms with Gasteiger partial charge in [-0.05, 0) is 44.7 Å². The highest BCUT2D eigenvalue weighted by Crippen LogP contribution is 2.24. The minimum absolute atomic E-state index is 0.461. The van der Waals surface area contributed by atoms with E-state index in [1.807, 2.05) is 0 Å². The summed E-state index contributed by atoms with van der Waals surface area (Å²) >= 11 is 0. The second-order valence-electron chi connectivity index (χ2n) is 6.22. The molecule has 1 fully saturated rings. The number of hydrogen-bond donors (Lipinski definition) is 1. The van der Waals surface area contributed by atoms with Crippen molar-refractivity contribution in [2.45, 2.75) is 59.3 Å². The van der Waals surface area contributed by atoms with Crippen LogP contribution in [0.5, 0.6) is 0 Å². The van der Waals surface area contributed by atoms with Crippen LogP contribution in [0.2, 0.25) is 0 Å². The molecular weight excluding hydrogens is 260 g/mol. The lowest BCUT2D eigenvalue weighted by Gasteiger charge is -2.23. The normalized spacial score (nSPS) is 17.6. The van der Waals surface area contributed by atoms with Gasteiger partial charge in [-0.1, -0.05) is 26.7 Å². The van der Waals surface area contributed by atoms with Gasteiger partial charge in [0.05, 0.1) is 0 Å². The third kappa shape index (κ3) is 4.16. The van der Waals surface area contributed by atoms with Gasteiger partial charge in [0.2, 0.25) is 5.95 Å². The maximum atomic E-state index is 4.82. The molecule has 4 nitrogen and oxygen atoms in total. The van der Waals surface area contributed by atoms with Gasteiger partial charge < -0.3 is 10.2 Å². The summed E-state index contributed by atoms with van der Waals surface area (Å²) in [5.41, 5.74) is 3.61. The smallest absolute Gasteiger partial charge is 0.225 e. The Bertz CT molecular complexity index is 427. The van der Waals surface area contributed by atoms with Gasteiger partial charge in [-0.25, -0.2) is 9.97 Å². The molecule has 21 heavy (non-hydrogen) atoms. The van der Waals surface area contributed by atoms with Crippen molar-refractivity contribution >= 4 is 5.95 Å². The lowest BCUT2D eigenvalue weighted by Crippen LogP contribution is -2.27. The highest BCUT2D eigenvalue weighted by Gasteiger charge is 2.18. The van der Waals surface area contributed by atoms with Gasteiger partial charge in [-0.3, -0.25) is 0 Å². The van der Waals surface area contributed by atoms with Crippen LogP contribution in [0.25, 0.3) is 0 Å². The van der Waals surface area contributed by atoms with Gasteiger partial charge in [-0.15, -0.1) is 0 Å². The zero-order valence-corrected chi connectivity index (χ0v) is 14.1. The fourth-order valence-corrected chi connectivity index (χ4v) is 3.30. The minimum Gasteiger partial charge on any atom is -0.341 e. The maximum absolute atomic E-state index is 4.82. The van der Waals surface area contributed by atoms with Crippen molar-refractivity contribution in [3.8, 4) is 0 Å². The molecule has 1 unspecified atom stereocenters. The highest BCUT2D eigenvalue weighted by atomic mass is 15.2. The van der Waals surface area contributed by atoms with Crippen LogP contribution < -0.4 is 10.2 Å². The van der Waals surface area contributed by atoms with Crippen molar-refractivity contribution in [2.24, 2.45) is 0 Å². The van der Waals surface area contributed by atoms with Crippen LogP contribution >= 0.6 is 0 Å². The average Bonchev–Trinajstić information content (AvgIpc) is 2.73. The molecule has 0 radical (unpaired) electrons. The Labute approximate surface area is 129 Å². The van der Waals surface area contributed by atoms with Crippen molar-refractivity contribution in [1.82, 2.24) is 15.3 Å². The number of aromatic nitrogens is 2. The van der Waals surface area contributed by atoms with E-state index in [-0.39, 0.29) is 0 Å². The molecule has 2 heterocycles. The number of nitrogens with one attached hydrogen (secondary N) is 1. The van der Waals surface area contributed by atoms with Crippen LogP contribution in [0.1, 0.15) is 62.4 Å². The summed E-state index contributed by atoms with van der Waals surface area (Å²) in [4.78, 5) is 12.0. The van der Waals surface area contributed by atoms with E-state index >= 15 is 0 Å². The first-order valence-corrected chi connectivity index (χ1v) is 8.44. The minimum atomic E-state index is 0.461. The Morgan fingerprint density at radius 1 is 1.05 bits per heavy atom. The number of aryl methyl sites for hydroxylation is 2. The van der Waals surface area contributed by atoms with E-state index < -0.39 is 0 Å². The van der Waals surface area contributed by atoms with Gasteiger partial charge in [0, 0.05) is 31.0 Å². The van der Waals surface area contributed by atoms with Crippen LogP contribution in [0.4, 0.5) is 5.95 Å². The van der Waals surface area contributed by atoms with E-state index in [1.165, 1.54) is 31.2 Å². The Morgan fingerprint density at radius 2 is 1.62 bits per heavy atom. The largest absolute Gasteiger partial charge is 0.341 e. The molecular formula is C17H30N4. The number of anilines is 1. The summed E-state index contributed by atoms with van der Waals surface area (Å²) in [5, 5.41) is 3.42. The summed E-state index contributed by atoms with van der Waals surface area (Å²) < 4.78 is 0. The summed E-state index contributed by atoms with van der Waals surface area (Å²) in [6, 6.07) is 0. The molecule has 1 aliphatic heterocycles. The second kappa shape index (κ2) is 7.74. The molecule has 0 amide bonds. The van der Waals surface area contributed by atoms with Gasteiger partial charge in [0.1, 0.15) is 0 Å². The van der Waals surface area contributed by atoms with Crippen molar-refractivity contribution in [2.75, 3.05) is 31.1 Å². The molecule has 0 bridgehead atoms. The molecule has 2 rings (SSSR count). The van der Waals surface area contributed by atoms with E-state index in [0.717, 1.165) is 43.5 Å². The van der Waals surface area contributed by atoms with E-state index in [1.54, 1.807) is 0 Å². The standard InChI is InChI=1S/C17H30N4/c1-5-18-12-13(2)16-14(3)19-17(20-15(16)4)21-10-8-6-7-9-11-21/h13,18H,5-12H2,1-4H3. The van der Waals surface area contributed by atoms with Crippen molar-refractivity contribution in [3.05, 3.63) is 17.0 Å². The van der Waals surface area contributed by atoms with E-state index in [0.29, 0.717) is 5.92 Å². The number of hydrogen-bond acceptors (Lipinski definition) is 4. The van der Waals surface area contributed by atoms with E-state index in [2.05, 4.69) is 37.9 Å². The molecule has 118 valence electrons. The van der Waals surface area contributed by atoms with Crippen LogP contribution in [0.3, 0.4) is 0 Å². The maximum Gasteiger partial charge on any atom is 0.225 e. The topological polar surface area (TPSA) is 41.1 Å². The first-order valence-electron chi connectivity index (χ1n) is 8.44. The fourth-order valence-electron chi connectivity index (χ4n) is 3.30. The van der Waals surface area contributed by atoms with Crippen molar-refractivity contribution in [3.63, 3.8) is 0 Å². The fraction of sp³-hybridized carbons (Fsp3) is 0.765. The third-order valence-electron chi connectivity index (χ3n) is 4.40. The zero-order valence-electron chi connectivity index (χ0n) is 14.1. The molecule has 4 heteroatoms. The molecule has 0 aromatic carbocycles.